The molecule has 8 heteroatoms. The van der Waals surface area contributed by atoms with Crippen molar-refractivity contribution in [1.82, 2.24) is 14.5 Å². The summed E-state index contributed by atoms with van der Waals surface area (Å²) in [7, 11) is 3.09. The zero-order valence-electron chi connectivity index (χ0n) is 19.8. The lowest BCUT2D eigenvalue weighted by Gasteiger charge is -2.20. The summed E-state index contributed by atoms with van der Waals surface area (Å²) in [6.07, 6.45) is 4.14. The standard InChI is InChI=1S/C25H31N3O4S/c1-5-27(6-2)15-22-26-24-23(18-9-7-8-10-21(18)33-24)25(30)28(22)14-19(29)17-12-11-16(31-3)13-20(17)32-4/h11-13H,5-10,14-15H2,1-4H3. The number of hydrogen-bond donors (Lipinski definition) is 0. The van der Waals surface area contributed by atoms with Crippen LogP contribution >= 0.6 is 11.3 Å². The van der Waals surface area contributed by atoms with Gasteiger partial charge in [-0.25, -0.2) is 4.98 Å². The van der Waals surface area contributed by atoms with E-state index in [9.17, 15) is 9.59 Å². The summed E-state index contributed by atoms with van der Waals surface area (Å²) >= 11 is 1.64. The minimum Gasteiger partial charge on any atom is -0.497 e. The molecule has 0 amide bonds. The van der Waals surface area contributed by atoms with Crippen molar-refractivity contribution in [3.8, 4) is 11.5 Å². The Bertz CT molecular complexity index is 1230. The highest BCUT2D eigenvalue weighted by Gasteiger charge is 2.24. The number of thiophene rings is 1. The van der Waals surface area contributed by atoms with Crippen LogP contribution in [0.2, 0.25) is 0 Å². The quantitative estimate of drug-likeness (QED) is 0.440. The van der Waals surface area contributed by atoms with E-state index in [4.69, 9.17) is 14.5 Å². The van der Waals surface area contributed by atoms with Gasteiger partial charge in [0.25, 0.3) is 5.56 Å². The molecule has 0 atom stereocenters. The Morgan fingerprint density at radius 2 is 1.91 bits per heavy atom. The number of methoxy groups -OCH3 is 2. The first-order valence-electron chi connectivity index (χ1n) is 11.5. The molecule has 0 saturated carbocycles. The average molecular weight is 470 g/mol. The number of carbonyl (C=O) groups excluding carboxylic acids is 1. The largest absolute Gasteiger partial charge is 0.497 e. The van der Waals surface area contributed by atoms with Gasteiger partial charge in [-0.1, -0.05) is 13.8 Å². The van der Waals surface area contributed by atoms with E-state index in [1.54, 1.807) is 41.2 Å². The molecule has 2 aromatic heterocycles. The van der Waals surface area contributed by atoms with Crippen LogP contribution in [-0.4, -0.2) is 47.5 Å². The average Bonchev–Trinajstić information content (AvgIpc) is 3.22. The van der Waals surface area contributed by atoms with E-state index < -0.39 is 0 Å². The van der Waals surface area contributed by atoms with Crippen molar-refractivity contribution < 1.29 is 14.3 Å². The second kappa shape index (κ2) is 10.1. The third-order valence-corrected chi connectivity index (χ3v) is 7.61. The molecule has 1 aliphatic carbocycles. The Kier molecular flexibility index (Phi) is 7.14. The predicted molar refractivity (Wildman–Crippen MR) is 131 cm³/mol. The number of hydrogen-bond acceptors (Lipinski definition) is 7. The monoisotopic (exact) mass is 469 g/mol. The molecule has 0 radical (unpaired) electrons. The van der Waals surface area contributed by atoms with E-state index in [1.807, 2.05) is 0 Å². The van der Waals surface area contributed by atoms with Crippen molar-refractivity contribution in [2.24, 2.45) is 0 Å². The molecule has 0 unspecified atom stereocenters. The number of fused-ring (bicyclic) bond motifs is 3. The summed E-state index contributed by atoms with van der Waals surface area (Å²) in [4.78, 5) is 36.3. The molecule has 3 aromatic rings. The van der Waals surface area contributed by atoms with Crippen LogP contribution in [0, 0.1) is 0 Å². The molecular formula is C25H31N3O4S. The molecule has 0 N–H and O–H groups in total. The van der Waals surface area contributed by atoms with Crippen LogP contribution in [0.4, 0.5) is 0 Å². The van der Waals surface area contributed by atoms with Crippen LogP contribution < -0.4 is 15.0 Å². The molecule has 0 aliphatic heterocycles. The number of aryl methyl sites for hydroxylation is 2. The highest BCUT2D eigenvalue weighted by molar-refractivity contribution is 7.18. The summed E-state index contributed by atoms with van der Waals surface area (Å²) in [5, 5.41) is 0.701. The molecule has 7 nitrogen and oxygen atoms in total. The van der Waals surface area contributed by atoms with Gasteiger partial charge in [0, 0.05) is 10.9 Å². The first-order chi connectivity index (χ1) is 16.0. The minimum atomic E-state index is -0.192. The first kappa shape index (κ1) is 23.4. The van der Waals surface area contributed by atoms with Gasteiger partial charge in [-0.2, -0.15) is 0 Å². The number of ether oxygens (including phenoxy) is 2. The third-order valence-electron chi connectivity index (χ3n) is 6.42. The van der Waals surface area contributed by atoms with E-state index >= 15 is 0 Å². The maximum atomic E-state index is 13.8. The Hall–Kier alpha value is -2.71. The molecular weight excluding hydrogens is 438 g/mol. The van der Waals surface area contributed by atoms with E-state index in [1.165, 1.54) is 12.0 Å². The van der Waals surface area contributed by atoms with Gasteiger partial charge in [-0.15, -0.1) is 11.3 Å². The Balaban J connectivity index is 1.81. The lowest BCUT2D eigenvalue weighted by atomic mass is 9.97. The third kappa shape index (κ3) is 4.54. The fourth-order valence-corrected chi connectivity index (χ4v) is 5.74. The van der Waals surface area contributed by atoms with Gasteiger partial charge in [0.1, 0.15) is 22.2 Å². The minimum absolute atomic E-state index is 0.0777. The van der Waals surface area contributed by atoms with Gasteiger partial charge in [-0.3, -0.25) is 19.1 Å². The molecule has 1 aliphatic rings. The number of Topliss-reactive ketones (excluding diaryl/α,β-unsaturated/α-hetero) is 1. The molecule has 33 heavy (non-hydrogen) atoms. The summed E-state index contributed by atoms with van der Waals surface area (Å²) in [6.45, 7) is 6.29. The lowest BCUT2D eigenvalue weighted by molar-refractivity contribution is 0.0965. The van der Waals surface area contributed by atoms with Crippen molar-refractivity contribution in [3.05, 3.63) is 50.4 Å². The SMILES string of the molecule is CCN(CC)Cc1nc2sc3c(c2c(=O)n1CC(=O)c1ccc(OC)cc1OC)CCCC3. The predicted octanol–water partition coefficient (Wildman–Crippen LogP) is 4.08. The normalized spacial score (nSPS) is 13.4. The maximum absolute atomic E-state index is 13.8. The zero-order chi connectivity index (χ0) is 23.5. The Morgan fingerprint density at radius 1 is 1.15 bits per heavy atom. The van der Waals surface area contributed by atoms with Crippen molar-refractivity contribution in [1.29, 1.82) is 0 Å². The van der Waals surface area contributed by atoms with Crippen molar-refractivity contribution in [2.75, 3.05) is 27.3 Å². The van der Waals surface area contributed by atoms with Gasteiger partial charge >= 0.3 is 0 Å². The van der Waals surface area contributed by atoms with Gasteiger partial charge in [0.2, 0.25) is 0 Å². The lowest BCUT2D eigenvalue weighted by Crippen LogP contribution is -2.33. The first-order valence-corrected chi connectivity index (χ1v) is 12.3. The van der Waals surface area contributed by atoms with Gasteiger partial charge < -0.3 is 9.47 Å². The summed E-state index contributed by atoms with van der Waals surface area (Å²) in [5.41, 5.74) is 1.45. The fraction of sp³-hybridized carbons (Fsp3) is 0.480. The second-order valence-corrected chi connectivity index (χ2v) is 9.34. The van der Waals surface area contributed by atoms with E-state index in [0.717, 1.165) is 49.2 Å². The molecule has 0 spiro atoms. The maximum Gasteiger partial charge on any atom is 0.263 e. The van der Waals surface area contributed by atoms with Crippen molar-refractivity contribution >= 4 is 27.3 Å². The number of aromatic nitrogens is 2. The summed E-state index contributed by atoms with van der Waals surface area (Å²) in [6, 6.07) is 5.10. The highest BCUT2D eigenvalue weighted by Crippen LogP contribution is 2.34. The number of rotatable bonds is 9. The van der Waals surface area contributed by atoms with Crippen LogP contribution in [0.25, 0.3) is 10.2 Å². The molecule has 2 heterocycles. The molecule has 0 bridgehead atoms. The van der Waals surface area contributed by atoms with Crippen LogP contribution in [0.5, 0.6) is 11.5 Å². The Morgan fingerprint density at radius 3 is 2.61 bits per heavy atom. The van der Waals surface area contributed by atoms with Crippen LogP contribution in [0.3, 0.4) is 0 Å². The van der Waals surface area contributed by atoms with Crippen molar-refractivity contribution in [3.63, 3.8) is 0 Å². The number of ketones is 1. The molecule has 1 aromatic carbocycles. The summed E-state index contributed by atoms with van der Waals surface area (Å²) in [5.74, 6) is 1.48. The van der Waals surface area contributed by atoms with Gasteiger partial charge in [0.15, 0.2) is 5.78 Å². The van der Waals surface area contributed by atoms with E-state index in [0.29, 0.717) is 34.8 Å². The highest BCUT2D eigenvalue weighted by atomic mass is 32.1. The number of nitrogens with zero attached hydrogens (tertiary/aromatic N) is 3. The zero-order valence-corrected chi connectivity index (χ0v) is 20.6. The van der Waals surface area contributed by atoms with Gasteiger partial charge in [-0.05, 0) is 56.5 Å². The summed E-state index contributed by atoms with van der Waals surface area (Å²) < 4.78 is 12.3. The Labute approximate surface area is 198 Å². The number of carbonyl (C=O) groups is 1. The van der Waals surface area contributed by atoms with E-state index in [2.05, 4.69) is 18.7 Å². The van der Waals surface area contributed by atoms with Crippen LogP contribution in [0.1, 0.15) is 53.3 Å². The van der Waals surface area contributed by atoms with Crippen LogP contribution in [0.15, 0.2) is 23.0 Å². The number of benzene rings is 1. The van der Waals surface area contributed by atoms with Gasteiger partial charge in [0.05, 0.1) is 38.3 Å². The molecule has 4 rings (SSSR count). The van der Waals surface area contributed by atoms with Crippen LogP contribution in [-0.2, 0) is 25.9 Å². The molecule has 0 fully saturated rings. The molecule has 176 valence electrons. The smallest absolute Gasteiger partial charge is 0.263 e. The fourth-order valence-electron chi connectivity index (χ4n) is 4.47. The van der Waals surface area contributed by atoms with Crippen molar-refractivity contribution in [2.45, 2.75) is 52.6 Å². The topological polar surface area (TPSA) is 73.7 Å². The van der Waals surface area contributed by atoms with E-state index in [-0.39, 0.29) is 17.9 Å². The molecule has 0 saturated heterocycles. The second-order valence-electron chi connectivity index (χ2n) is 8.26.